The highest BCUT2D eigenvalue weighted by Crippen LogP contribution is 2.25. The van der Waals surface area contributed by atoms with Crippen molar-refractivity contribution < 1.29 is 13.9 Å². The zero-order valence-corrected chi connectivity index (χ0v) is 8.07. The second kappa shape index (κ2) is 4.41. The minimum Gasteiger partial charge on any atom is -0.485 e. The van der Waals surface area contributed by atoms with Crippen molar-refractivity contribution in [2.24, 2.45) is 5.84 Å². The van der Waals surface area contributed by atoms with Gasteiger partial charge in [0.15, 0.2) is 0 Å². The average molecular weight is 213 g/mol. The van der Waals surface area contributed by atoms with Gasteiger partial charge in [-0.3, -0.25) is 5.84 Å². The Balaban J connectivity index is 2.14. The van der Waals surface area contributed by atoms with Gasteiger partial charge >= 0.3 is 0 Å². The molecule has 0 bridgehead atoms. The zero-order valence-electron chi connectivity index (χ0n) is 8.07. The minimum atomic E-state index is -0.595. The Morgan fingerprint density at radius 2 is 2.53 bits per heavy atom. The van der Waals surface area contributed by atoms with Crippen LogP contribution in [0.25, 0.3) is 0 Å². The second-order valence-electron chi connectivity index (χ2n) is 3.25. The van der Waals surface area contributed by atoms with Crippen molar-refractivity contribution in [3.8, 4) is 5.75 Å². The van der Waals surface area contributed by atoms with Crippen molar-refractivity contribution in [1.82, 2.24) is 4.98 Å². The Kier molecular flexibility index (Phi) is 2.98. The van der Waals surface area contributed by atoms with Crippen LogP contribution in [0.4, 0.5) is 10.1 Å². The average Bonchev–Trinajstić information content (AvgIpc) is 2.71. The molecule has 5 nitrogen and oxygen atoms in total. The van der Waals surface area contributed by atoms with Crippen molar-refractivity contribution in [2.75, 3.05) is 18.6 Å². The number of nitrogen functional groups attached to an aromatic ring is 1. The third-order valence-corrected chi connectivity index (χ3v) is 2.17. The molecule has 0 spiro atoms. The van der Waals surface area contributed by atoms with E-state index >= 15 is 0 Å². The lowest BCUT2D eigenvalue weighted by molar-refractivity contribution is 0.141. The predicted octanol–water partition coefficient (Wildman–Crippen LogP) is 0.674. The topological polar surface area (TPSA) is 69.4 Å². The summed E-state index contributed by atoms with van der Waals surface area (Å²) in [5.41, 5.74) is 2.86. The number of nitrogens with one attached hydrogen (secondary N) is 1. The molecule has 1 aromatic heterocycles. The van der Waals surface area contributed by atoms with Gasteiger partial charge in [-0.15, -0.1) is 0 Å². The van der Waals surface area contributed by atoms with Gasteiger partial charge in [0, 0.05) is 12.5 Å². The first-order chi connectivity index (χ1) is 7.29. The monoisotopic (exact) mass is 213 g/mol. The van der Waals surface area contributed by atoms with Gasteiger partial charge < -0.3 is 14.9 Å². The van der Waals surface area contributed by atoms with Gasteiger partial charge in [0.1, 0.15) is 17.5 Å². The molecule has 2 rings (SSSR count). The van der Waals surface area contributed by atoms with Crippen molar-refractivity contribution >= 4 is 5.69 Å². The minimum absolute atomic E-state index is 0.0427. The van der Waals surface area contributed by atoms with Crippen LogP contribution in [0.1, 0.15) is 6.42 Å². The third-order valence-electron chi connectivity index (χ3n) is 2.17. The Morgan fingerprint density at radius 1 is 1.67 bits per heavy atom. The molecule has 1 aliphatic heterocycles. The fourth-order valence-electron chi connectivity index (χ4n) is 1.40. The van der Waals surface area contributed by atoms with E-state index in [1.165, 1.54) is 12.3 Å². The molecule has 1 saturated heterocycles. The van der Waals surface area contributed by atoms with E-state index in [1.807, 2.05) is 0 Å². The van der Waals surface area contributed by atoms with Crippen LogP contribution < -0.4 is 16.0 Å². The number of halogens is 1. The summed E-state index contributed by atoms with van der Waals surface area (Å²) in [6.07, 6.45) is 2.05. The van der Waals surface area contributed by atoms with Gasteiger partial charge in [-0.05, 0) is 0 Å². The first-order valence-electron chi connectivity index (χ1n) is 4.66. The highest BCUT2D eigenvalue weighted by molar-refractivity contribution is 5.53. The Hall–Kier alpha value is -1.40. The van der Waals surface area contributed by atoms with Gasteiger partial charge in [-0.1, -0.05) is 0 Å². The van der Waals surface area contributed by atoms with Crippen LogP contribution >= 0.6 is 0 Å². The standard InChI is InChI=1S/C9H12FN3O2/c10-9-3-8(7(13-11)4-12-9)15-6-1-2-14-5-6/h3-4,6,13H,1-2,5,11H2/t6-/m0/s1. The SMILES string of the molecule is NNc1cnc(F)cc1O[C@H]1CCOC1. The maximum atomic E-state index is 12.9. The summed E-state index contributed by atoms with van der Waals surface area (Å²) in [5.74, 6) is 5.02. The largest absolute Gasteiger partial charge is 0.485 e. The van der Waals surface area contributed by atoms with Gasteiger partial charge in [-0.2, -0.15) is 4.39 Å². The van der Waals surface area contributed by atoms with Gasteiger partial charge in [0.05, 0.1) is 19.4 Å². The van der Waals surface area contributed by atoms with E-state index in [9.17, 15) is 4.39 Å². The highest BCUT2D eigenvalue weighted by atomic mass is 19.1. The zero-order chi connectivity index (χ0) is 10.7. The molecule has 0 amide bonds. The van der Waals surface area contributed by atoms with Crippen LogP contribution in [0, 0.1) is 5.95 Å². The molecule has 3 N–H and O–H groups in total. The van der Waals surface area contributed by atoms with Gasteiger partial charge in [0.2, 0.25) is 5.95 Å². The van der Waals surface area contributed by atoms with Crippen molar-refractivity contribution in [3.63, 3.8) is 0 Å². The molecule has 1 atom stereocenters. The summed E-state index contributed by atoms with van der Waals surface area (Å²) in [5, 5.41) is 0. The number of anilines is 1. The lowest BCUT2D eigenvalue weighted by Gasteiger charge is -2.14. The molecule has 82 valence electrons. The van der Waals surface area contributed by atoms with Crippen LogP contribution in [0.5, 0.6) is 5.75 Å². The molecule has 6 heteroatoms. The van der Waals surface area contributed by atoms with Crippen LogP contribution in [0.3, 0.4) is 0 Å². The van der Waals surface area contributed by atoms with E-state index < -0.39 is 5.95 Å². The van der Waals surface area contributed by atoms with Gasteiger partial charge in [0.25, 0.3) is 0 Å². The molecule has 0 saturated carbocycles. The van der Waals surface area contributed by atoms with E-state index in [-0.39, 0.29) is 6.10 Å². The fourth-order valence-corrected chi connectivity index (χ4v) is 1.40. The fraction of sp³-hybridized carbons (Fsp3) is 0.444. The number of nitrogens with zero attached hydrogens (tertiary/aromatic N) is 1. The van der Waals surface area contributed by atoms with E-state index in [4.69, 9.17) is 15.3 Å². The van der Waals surface area contributed by atoms with E-state index in [2.05, 4.69) is 10.4 Å². The molecule has 0 unspecified atom stereocenters. The van der Waals surface area contributed by atoms with Crippen LogP contribution in [0.2, 0.25) is 0 Å². The highest BCUT2D eigenvalue weighted by Gasteiger charge is 2.19. The van der Waals surface area contributed by atoms with Crippen molar-refractivity contribution in [2.45, 2.75) is 12.5 Å². The van der Waals surface area contributed by atoms with E-state index in [1.54, 1.807) is 0 Å². The number of hydrazine groups is 1. The molecule has 1 aliphatic rings. The third kappa shape index (κ3) is 2.34. The number of hydrogen-bond acceptors (Lipinski definition) is 5. The maximum absolute atomic E-state index is 12.9. The quantitative estimate of drug-likeness (QED) is 0.439. The first-order valence-corrected chi connectivity index (χ1v) is 4.66. The molecule has 1 aromatic rings. The number of nitrogens with two attached hydrogens (primary N) is 1. The molecule has 1 fully saturated rings. The number of pyridine rings is 1. The molecule has 2 heterocycles. The summed E-state index contributed by atoms with van der Waals surface area (Å²) in [4.78, 5) is 3.46. The number of aromatic nitrogens is 1. The summed E-state index contributed by atoms with van der Waals surface area (Å²) in [6, 6.07) is 1.20. The van der Waals surface area contributed by atoms with Crippen molar-refractivity contribution in [1.29, 1.82) is 0 Å². The summed E-state index contributed by atoms with van der Waals surface area (Å²) < 4.78 is 23.5. The Bertz CT molecular complexity index is 342. The molecular formula is C9H12FN3O2. The van der Waals surface area contributed by atoms with Gasteiger partial charge in [-0.25, -0.2) is 4.98 Å². The second-order valence-corrected chi connectivity index (χ2v) is 3.25. The number of ether oxygens (including phenoxy) is 2. The molecule has 0 radical (unpaired) electrons. The van der Waals surface area contributed by atoms with E-state index in [0.717, 1.165) is 6.42 Å². The summed E-state index contributed by atoms with van der Waals surface area (Å²) in [6.45, 7) is 1.19. The maximum Gasteiger partial charge on any atom is 0.216 e. The normalized spacial score (nSPS) is 20.3. The lowest BCUT2D eigenvalue weighted by Crippen LogP contribution is -2.18. The summed E-state index contributed by atoms with van der Waals surface area (Å²) in [7, 11) is 0. The number of rotatable bonds is 3. The Labute approximate surface area is 86.4 Å². The molecular weight excluding hydrogens is 201 g/mol. The van der Waals surface area contributed by atoms with Crippen LogP contribution in [-0.2, 0) is 4.74 Å². The molecule has 0 aromatic carbocycles. The molecule has 15 heavy (non-hydrogen) atoms. The first kappa shape index (κ1) is 10.1. The molecule has 0 aliphatic carbocycles. The Morgan fingerprint density at radius 3 is 3.20 bits per heavy atom. The lowest BCUT2D eigenvalue weighted by atomic mass is 10.3. The predicted molar refractivity (Wildman–Crippen MR) is 51.9 cm³/mol. The van der Waals surface area contributed by atoms with E-state index in [0.29, 0.717) is 24.7 Å². The van der Waals surface area contributed by atoms with Crippen LogP contribution in [0.15, 0.2) is 12.3 Å². The summed E-state index contributed by atoms with van der Waals surface area (Å²) >= 11 is 0. The van der Waals surface area contributed by atoms with Crippen molar-refractivity contribution in [3.05, 3.63) is 18.2 Å². The smallest absolute Gasteiger partial charge is 0.216 e. The van der Waals surface area contributed by atoms with Crippen LogP contribution in [-0.4, -0.2) is 24.3 Å². The number of hydrogen-bond donors (Lipinski definition) is 2.